The van der Waals surface area contributed by atoms with Crippen molar-refractivity contribution in [3.05, 3.63) is 29.6 Å². The average Bonchev–Trinajstić information content (AvgIpc) is 3.17. The van der Waals surface area contributed by atoms with E-state index in [4.69, 9.17) is 5.73 Å². The third-order valence-electron chi connectivity index (χ3n) is 3.64. The summed E-state index contributed by atoms with van der Waals surface area (Å²) in [5.74, 6) is -0.799. The maximum Gasteiger partial charge on any atom is 0.236 e. The molecule has 5 heteroatoms. The Kier molecular flexibility index (Phi) is 3.55. The summed E-state index contributed by atoms with van der Waals surface area (Å²) in [6, 6.07) is 5.52. The first-order valence-corrected chi connectivity index (χ1v) is 6.54. The van der Waals surface area contributed by atoms with E-state index in [0.717, 1.165) is 17.8 Å². The lowest BCUT2D eigenvalue weighted by molar-refractivity contribution is -0.135. The molecule has 1 aliphatic carbocycles. The molecule has 0 unspecified atom stereocenters. The van der Waals surface area contributed by atoms with Crippen molar-refractivity contribution in [1.29, 1.82) is 0 Å². The first-order chi connectivity index (χ1) is 8.99. The van der Waals surface area contributed by atoms with Gasteiger partial charge in [-0.2, -0.15) is 0 Å². The highest BCUT2D eigenvalue weighted by Gasteiger charge is 2.55. The summed E-state index contributed by atoms with van der Waals surface area (Å²) in [6.07, 6.45) is 1.81. The molecule has 0 spiro atoms. The van der Waals surface area contributed by atoms with Crippen LogP contribution in [0.5, 0.6) is 0 Å². The second-order valence-corrected chi connectivity index (χ2v) is 5.08. The van der Waals surface area contributed by atoms with Gasteiger partial charge in [0.05, 0.1) is 11.7 Å². The Morgan fingerprint density at radius 3 is 2.63 bits per heavy atom. The smallest absolute Gasteiger partial charge is 0.236 e. The summed E-state index contributed by atoms with van der Waals surface area (Å²) in [7, 11) is 0. The molecule has 0 aromatic carbocycles. The minimum atomic E-state index is -0.975. The number of carbonyl (C=O) groups excluding carboxylic acids is 2. The Morgan fingerprint density at radius 2 is 2.16 bits per heavy atom. The van der Waals surface area contributed by atoms with Crippen molar-refractivity contribution in [2.75, 3.05) is 0 Å². The quantitative estimate of drug-likeness (QED) is 0.781. The summed E-state index contributed by atoms with van der Waals surface area (Å²) in [5.41, 5.74) is 6.04. The fourth-order valence-electron chi connectivity index (χ4n) is 2.15. The molecule has 5 nitrogen and oxygen atoms in total. The topological polar surface area (TPSA) is 85.1 Å². The van der Waals surface area contributed by atoms with Crippen molar-refractivity contribution in [3.63, 3.8) is 0 Å². The van der Waals surface area contributed by atoms with Crippen LogP contribution in [0.15, 0.2) is 18.2 Å². The number of hydrogen-bond donors (Lipinski definition) is 2. The van der Waals surface area contributed by atoms with Gasteiger partial charge in [0.25, 0.3) is 0 Å². The van der Waals surface area contributed by atoms with E-state index >= 15 is 0 Å². The average molecular weight is 261 g/mol. The molecule has 1 fully saturated rings. The Bertz CT molecular complexity index is 509. The Labute approximate surface area is 112 Å². The van der Waals surface area contributed by atoms with Gasteiger partial charge in [-0.25, -0.2) is 0 Å². The minimum absolute atomic E-state index is 0.177. The van der Waals surface area contributed by atoms with E-state index in [0.29, 0.717) is 12.8 Å². The molecule has 2 rings (SSSR count). The zero-order valence-corrected chi connectivity index (χ0v) is 11.3. The van der Waals surface area contributed by atoms with Crippen LogP contribution in [0.4, 0.5) is 0 Å². The van der Waals surface area contributed by atoms with Gasteiger partial charge in [-0.15, -0.1) is 0 Å². The van der Waals surface area contributed by atoms with E-state index in [1.165, 1.54) is 0 Å². The zero-order chi connectivity index (χ0) is 14.0. The SMILES string of the molecule is CC[C@@H](NC(=O)C1(C(N)=O)CC1)c1cccc(C)n1. The van der Waals surface area contributed by atoms with Gasteiger partial charge < -0.3 is 11.1 Å². The molecule has 102 valence electrons. The normalized spacial score (nSPS) is 17.6. The minimum Gasteiger partial charge on any atom is -0.369 e. The molecule has 1 aromatic rings. The monoisotopic (exact) mass is 261 g/mol. The summed E-state index contributed by atoms with van der Waals surface area (Å²) in [5, 5.41) is 2.89. The number of aromatic nitrogens is 1. The standard InChI is InChI=1S/C14H19N3O2/c1-3-10(11-6-4-5-9(2)16-11)17-13(19)14(7-8-14)12(15)18/h4-6,10H,3,7-8H2,1-2H3,(H2,15,18)(H,17,19)/t10-/m1/s1. The molecule has 1 atom stereocenters. The molecule has 1 aliphatic rings. The van der Waals surface area contributed by atoms with Gasteiger partial charge in [-0.05, 0) is 38.3 Å². The van der Waals surface area contributed by atoms with Crippen LogP contribution in [0.25, 0.3) is 0 Å². The molecule has 1 heterocycles. The number of carbonyl (C=O) groups is 2. The summed E-state index contributed by atoms with van der Waals surface area (Å²) in [4.78, 5) is 27.9. The molecule has 3 N–H and O–H groups in total. The van der Waals surface area contributed by atoms with Gasteiger partial charge in [0.15, 0.2) is 0 Å². The molecule has 0 bridgehead atoms. The summed E-state index contributed by atoms with van der Waals surface area (Å²) >= 11 is 0. The van der Waals surface area contributed by atoms with E-state index in [1.807, 2.05) is 32.0 Å². The number of nitrogens with two attached hydrogens (primary N) is 1. The second kappa shape index (κ2) is 4.99. The highest BCUT2D eigenvalue weighted by Crippen LogP contribution is 2.45. The highest BCUT2D eigenvalue weighted by atomic mass is 16.2. The second-order valence-electron chi connectivity index (χ2n) is 5.08. The molecule has 2 amide bonds. The van der Waals surface area contributed by atoms with Crippen molar-refractivity contribution < 1.29 is 9.59 Å². The molecule has 0 radical (unpaired) electrons. The number of amides is 2. The van der Waals surface area contributed by atoms with Crippen LogP contribution in [0.2, 0.25) is 0 Å². The largest absolute Gasteiger partial charge is 0.369 e. The lowest BCUT2D eigenvalue weighted by atomic mass is 10.0. The van der Waals surface area contributed by atoms with E-state index in [9.17, 15) is 9.59 Å². The predicted octanol–water partition coefficient (Wildman–Crippen LogP) is 1.22. The first-order valence-electron chi connectivity index (χ1n) is 6.54. The predicted molar refractivity (Wildman–Crippen MR) is 71.0 cm³/mol. The van der Waals surface area contributed by atoms with E-state index in [2.05, 4.69) is 10.3 Å². The molecule has 1 aromatic heterocycles. The van der Waals surface area contributed by atoms with Gasteiger partial charge in [-0.1, -0.05) is 13.0 Å². The van der Waals surface area contributed by atoms with Crippen LogP contribution in [-0.4, -0.2) is 16.8 Å². The molecule has 1 saturated carbocycles. The van der Waals surface area contributed by atoms with Crippen molar-refractivity contribution in [2.45, 2.75) is 39.2 Å². The number of rotatable bonds is 5. The number of aryl methyl sites for hydroxylation is 1. The number of pyridine rings is 1. The fraction of sp³-hybridized carbons (Fsp3) is 0.500. The summed E-state index contributed by atoms with van der Waals surface area (Å²) < 4.78 is 0. The Balaban J connectivity index is 2.12. The van der Waals surface area contributed by atoms with Gasteiger partial charge in [-0.3, -0.25) is 14.6 Å². The van der Waals surface area contributed by atoms with Gasteiger partial charge in [0.1, 0.15) is 5.41 Å². The third-order valence-corrected chi connectivity index (χ3v) is 3.64. The zero-order valence-electron chi connectivity index (χ0n) is 11.3. The Morgan fingerprint density at radius 1 is 1.47 bits per heavy atom. The van der Waals surface area contributed by atoms with Crippen LogP contribution in [-0.2, 0) is 9.59 Å². The van der Waals surface area contributed by atoms with Crippen molar-refractivity contribution in [2.24, 2.45) is 11.1 Å². The maximum absolute atomic E-state index is 12.2. The van der Waals surface area contributed by atoms with Crippen molar-refractivity contribution in [1.82, 2.24) is 10.3 Å². The van der Waals surface area contributed by atoms with Crippen LogP contribution >= 0.6 is 0 Å². The van der Waals surface area contributed by atoms with Crippen molar-refractivity contribution in [3.8, 4) is 0 Å². The van der Waals surface area contributed by atoms with Crippen LogP contribution in [0.3, 0.4) is 0 Å². The van der Waals surface area contributed by atoms with Crippen LogP contribution < -0.4 is 11.1 Å². The molecular weight excluding hydrogens is 242 g/mol. The lowest BCUT2D eigenvalue weighted by Crippen LogP contribution is -2.42. The molecule has 0 aliphatic heterocycles. The number of nitrogens with one attached hydrogen (secondary N) is 1. The fourth-order valence-corrected chi connectivity index (χ4v) is 2.15. The van der Waals surface area contributed by atoms with E-state index < -0.39 is 11.3 Å². The van der Waals surface area contributed by atoms with Gasteiger partial charge >= 0.3 is 0 Å². The van der Waals surface area contributed by atoms with E-state index in [1.54, 1.807) is 0 Å². The lowest BCUT2D eigenvalue weighted by Gasteiger charge is -2.19. The molecular formula is C14H19N3O2. The third kappa shape index (κ3) is 2.59. The highest BCUT2D eigenvalue weighted by molar-refractivity contribution is 6.07. The Hall–Kier alpha value is -1.91. The first kappa shape index (κ1) is 13.5. The maximum atomic E-state index is 12.2. The summed E-state index contributed by atoms with van der Waals surface area (Å²) in [6.45, 7) is 3.88. The number of primary amides is 1. The van der Waals surface area contributed by atoms with Gasteiger partial charge in [0, 0.05) is 5.69 Å². The van der Waals surface area contributed by atoms with Crippen LogP contribution in [0, 0.1) is 12.3 Å². The number of hydrogen-bond acceptors (Lipinski definition) is 3. The van der Waals surface area contributed by atoms with E-state index in [-0.39, 0.29) is 11.9 Å². The van der Waals surface area contributed by atoms with Crippen LogP contribution in [0.1, 0.15) is 43.6 Å². The van der Waals surface area contributed by atoms with Gasteiger partial charge in [0.2, 0.25) is 11.8 Å². The molecule has 19 heavy (non-hydrogen) atoms. The molecule has 0 saturated heterocycles. The number of nitrogens with zero attached hydrogens (tertiary/aromatic N) is 1. The van der Waals surface area contributed by atoms with Crippen molar-refractivity contribution >= 4 is 11.8 Å².